The van der Waals surface area contributed by atoms with Crippen molar-refractivity contribution < 1.29 is 14.4 Å². The van der Waals surface area contributed by atoms with E-state index in [1.807, 2.05) is 30.3 Å². The molecule has 0 aromatic heterocycles. The van der Waals surface area contributed by atoms with Crippen LogP contribution in [0.3, 0.4) is 0 Å². The molecule has 0 unspecified atom stereocenters. The predicted molar refractivity (Wildman–Crippen MR) is 95.6 cm³/mol. The van der Waals surface area contributed by atoms with Crippen molar-refractivity contribution in [2.45, 2.75) is 6.61 Å². The molecule has 0 spiro atoms. The largest absolute Gasteiger partial charge is 0.491 e. The number of fused-ring (bicyclic) bond motifs is 2. The van der Waals surface area contributed by atoms with Crippen molar-refractivity contribution in [1.82, 2.24) is 0 Å². The molecule has 0 atom stereocenters. The number of hydrogen-bond donors (Lipinski definition) is 1. The van der Waals surface area contributed by atoms with Gasteiger partial charge in [0.15, 0.2) is 0 Å². The Bertz CT molecular complexity index is 866. The fourth-order valence-electron chi connectivity index (χ4n) is 2.66. The maximum Gasteiger partial charge on any atom is 0.491 e. The molecule has 0 radical (unpaired) electrons. The van der Waals surface area contributed by atoms with E-state index in [4.69, 9.17) is 9.39 Å². The van der Waals surface area contributed by atoms with Crippen molar-refractivity contribution in [3.8, 4) is 11.5 Å². The van der Waals surface area contributed by atoms with Crippen LogP contribution in [0.2, 0.25) is 0 Å². The number of rotatable bonds is 2. The molecule has 0 saturated heterocycles. The first-order valence-corrected chi connectivity index (χ1v) is 8.06. The normalized spacial score (nSPS) is 13.5. The van der Waals surface area contributed by atoms with Crippen molar-refractivity contribution in [1.29, 1.82) is 0 Å². The van der Waals surface area contributed by atoms with E-state index >= 15 is 0 Å². The smallest absolute Gasteiger partial charge is 0.457 e. The van der Waals surface area contributed by atoms with Gasteiger partial charge >= 0.3 is 7.12 Å². The molecule has 0 bridgehead atoms. The van der Waals surface area contributed by atoms with E-state index in [1.54, 1.807) is 0 Å². The SMILES string of the molecule is OB1OCc2cc(Oc3ccc4cc(I)ccc4c3)ccc21. The van der Waals surface area contributed by atoms with Gasteiger partial charge in [-0.2, -0.15) is 0 Å². The molecule has 22 heavy (non-hydrogen) atoms. The quantitative estimate of drug-likeness (QED) is 0.528. The highest BCUT2D eigenvalue weighted by Crippen LogP contribution is 2.27. The molecule has 5 heteroatoms. The molecule has 4 rings (SSSR count). The maximum absolute atomic E-state index is 9.64. The van der Waals surface area contributed by atoms with Gasteiger partial charge in [-0.15, -0.1) is 0 Å². The standard InChI is InChI=1S/C17H12BIO3/c19-14-3-1-12-8-15(4-2-11(12)7-14)22-16-5-6-17-13(9-16)10-21-18(17)20/h1-9,20H,10H2. The third kappa shape index (κ3) is 2.60. The summed E-state index contributed by atoms with van der Waals surface area (Å²) in [6.07, 6.45) is 0. The fourth-order valence-corrected chi connectivity index (χ4v) is 3.18. The number of halogens is 1. The fraction of sp³-hybridized carbons (Fsp3) is 0.0588. The first kappa shape index (κ1) is 14.1. The molecular weight excluding hydrogens is 390 g/mol. The van der Waals surface area contributed by atoms with Crippen molar-refractivity contribution in [2.24, 2.45) is 0 Å². The van der Waals surface area contributed by atoms with Crippen molar-refractivity contribution in [2.75, 3.05) is 0 Å². The van der Waals surface area contributed by atoms with Crippen LogP contribution in [0, 0.1) is 3.57 Å². The summed E-state index contributed by atoms with van der Waals surface area (Å²) in [5.41, 5.74) is 1.79. The monoisotopic (exact) mass is 402 g/mol. The highest BCUT2D eigenvalue weighted by molar-refractivity contribution is 14.1. The maximum atomic E-state index is 9.64. The lowest BCUT2D eigenvalue weighted by atomic mass is 9.80. The van der Waals surface area contributed by atoms with E-state index in [0.29, 0.717) is 6.61 Å². The average Bonchev–Trinajstić information content (AvgIpc) is 2.88. The molecule has 0 aliphatic carbocycles. The number of ether oxygens (including phenoxy) is 1. The highest BCUT2D eigenvalue weighted by Gasteiger charge is 2.27. The Morgan fingerprint density at radius 1 is 0.955 bits per heavy atom. The Labute approximate surface area is 142 Å². The van der Waals surface area contributed by atoms with Gasteiger partial charge in [-0.05, 0) is 80.8 Å². The van der Waals surface area contributed by atoms with Crippen LogP contribution in [-0.2, 0) is 11.3 Å². The van der Waals surface area contributed by atoms with Crippen LogP contribution in [0.4, 0.5) is 0 Å². The lowest BCUT2D eigenvalue weighted by Crippen LogP contribution is -2.27. The van der Waals surface area contributed by atoms with E-state index in [2.05, 4.69) is 46.9 Å². The molecule has 1 N–H and O–H groups in total. The summed E-state index contributed by atoms with van der Waals surface area (Å²) in [6, 6.07) is 18.0. The summed E-state index contributed by atoms with van der Waals surface area (Å²) in [4.78, 5) is 0. The predicted octanol–water partition coefficient (Wildman–Crippen LogP) is 3.45. The van der Waals surface area contributed by atoms with Gasteiger partial charge in [0.05, 0.1) is 6.61 Å². The summed E-state index contributed by atoms with van der Waals surface area (Å²) in [5, 5.41) is 12.0. The molecule has 0 saturated carbocycles. The molecule has 1 heterocycles. The molecule has 0 amide bonds. The van der Waals surface area contributed by atoms with Gasteiger partial charge in [-0.25, -0.2) is 0 Å². The first-order valence-electron chi connectivity index (χ1n) is 6.99. The topological polar surface area (TPSA) is 38.7 Å². The Kier molecular flexibility index (Phi) is 3.56. The van der Waals surface area contributed by atoms with Crippen LogP contribution >= 0.6 is 22.6 Å². The van der Waals surface area contributed by atoms with Gasteiger partial charge in [0.1, 0.15) is 11.5 Å². The van der Waals surface area contributed by atoms with E-state index in [1.165, 1.54) is 8.96 Å². The van der Waals surface area contributed by atoms with Gasteiger partial charge < -0.3 is 14.4 Å². The zero-order valence-corrected chi connectivity index (χ0v) is 13.8. The summed E-state index contributed by atoms with van der Waals surface area (Å²) >= 11 is 2.31. The Hall–Kier alpha value is -1.57. The molecule has 1 aliphatic heterocycles. The molecule has 0 fully saturated rings. The second-order valence-electron chi connectivity index (χ2n) is 5.28. The van der Waals surface area contributed by atoms with Gasteiger partial charge in [0.2, 0.25) is 0 Å². The lowest BCUT2D eigenvalue weighted by molar-refractivity contribution is 0.275. The number of hydrogen-bond acceptors (Lipinski definition) is 3. The number of benzene rings is 3. The summed E-state index contributed by atoms with van der Waals surface area (Å²) < 4.78 is 12.4. The average molecular weight is 402 g/mol. The highest BCUT2D eigenvalue weighted by atomic mass is 127. The minimum absolute atomic E-state index is 0.420. The zero-order chi connectivity index (χ0) is 15.1. The van der Waals surface area contributed by atoms with E-state index < -0.39 is 7.12 Å². The van der Waals surface area contributed by atoms with Crippen LogP contribution in [-0.4, -0.2) is 12.1 Å². The molecular formula is C17H12BIO3. The molecule has 3 nitrogen and oxygen atoms in total. The van der Waals surface area contributed by atoms with E-state index in [9.17, 15) is 5.02 Å². The van der Waals surface area contributed by atoms with Crippen LogP contribution < -0.4 is 10.2 Å². The van der Waals surface area contributed by atoms with E-state index in [-0.39, 0.29) is 0 Å². The third-order valence-electron chi connectivity index (χ3n) is 3.79. The minimum Gasteiger partial charge on any atom is -0.457 e. The Morgan fingerprint density at radius 2 is 1.68 bits per heavy atom. The second-order valence-corrected chi connectivity index (χ2v) is 6.52. The van der Waals surface area contributed by atoms with Gasteiger partial charge in [0, 0.05) is 3.57 Å². The van der Waals surface area contributed by atoms with E-state index in [0.717, 1.165) is 27.9 Å². The Balaban J connectivity index is 1.65. The molecule has 1 aliphatic rings. The first-order chi connectivity index (χ1) is 10.7. The molecule has 3 aromatic rings. The Morgan fingerprint density at radius 3 is 2.59 bits per heavy atom. The summed E-state index contributed by atoms with van der Waals surface area (Å²) in [5.74, 6) is 1.55. The molecule has 3 aromatic carbocycles. The summed E-state index contributed by atoms with van der Waals surface area (Å²) in [7, 11) is -0.813. The van der Waals surface area contributed by atoms with Crippen LogP contribution in [0.15, 0.2) is 54.6 Å². The lowest BCUT2D eigenvalue weighted by Gasteiger charge is -2.08. The van der Waals surface area contributed by atoms with Crippen molar-refractivity contribution in [3.63, 3.8) is 0 Å². The van der Waals surface area contributed by atoms with Gasteiger partial charge in [-0.1, -0.05) is 18.2 Å². The second kappa shape index (κ2) is 5.57. The van der Waals surface area contributed by atoms with Crippen molar-refractivity contribution in [3.05, 3.63) is 63.7 Å². The van der Waals surface area contributed by atoms with Crippen LogP contribution in [0.1, 0.15) is 5.56 Å². The summed E-state index contributed by atoms with van der Waals surface area (Å²) in [6.45, 7) is 0.420. The van der Waals surface area contributed by atoms with Gasteiger partial charge in [0.25, 0.3) is 0 Å². The van der Waals surface area contributed by atoms with Gasteiger partial charge in [-0.3, -0.25) is 0 Å². The van der Waals surface area contributed by atoms with Crippen LogP contribution in [0.25, 0.3) is 10.8 Å². The van der Waals surface area contributed by atoms with Crippen molar-refractivity contribution >= 4 is 45.9 Å². The zero-order valence-electron chi connectivity index (χ0n) is 11.6. The third-order valence-corrected chi connectivity index (χ3v) is 4.46. The minimum atomic E-state index is -0.813. The van der Waals surface area contributed by atoms with Crippen LogP contribution in [0.5, 0.6) is 11.5 Å². The molecule has 108 valence electrons.